The van der Waals surface area contributed by atoms with Gasteiger partial charge in [0.05, 0.1) is 25.0 Å². The molecular formula is C18H34IN5O3S. The van der Waals surface area contributed by atoms with Crippen LogP contribution in [0.4, 0.5) is 0 Å². The van der Waals surface area contributed by atoms with Crippen molar-refractivity contribution in [3.8, 4) is 0 Å². The second-order valence-corrected chi connectivity index (χ2v) is 9.07. The highest BCUT2D eigenvalue weighted by molar-refractivity contribution is 14.0. The molecule has 0 radical (unpaired) electrons. The van der Waals surface area contributed by atoms with Crippen LogP contribution in [0.25, 0.3) is 0 Å². The summed E-state index contributed by atoms with van der Waals surface area (Å²) in [5.74, 6) is 0.870. The van der Waals surface area contributed by atoms with Gasteiger partial charge >= 0.3 is 0 Å². The lowest BCUT2D eigenvalue weighted by molar-refractivity contribution is 0.0904. The second kappa shape index (κ2) is 12.0. The Morgan fingerprint density at radius 3 is 2.50 bits per heavy atom. The molecule has 8 nitrogen and oxygen atoms in total. The van der Waals surface area contributed by atoms with E-state index in [0.29, 0.717) is 32.7 Å². The van der Waals surface area contributed by atoms with E-state index in [1.54, 1.807) is 4.31 Å². The Bertz CT molecular complexity index is 713. The fraction of sp³-hybridized carbons (Fsp3) is 0.722. The van der Waals surface area contributed by atoms with Crippen LogP contribution in [-0.2, 0) is 28.4 Å². The number of guanidine groups is 1. The van der Waals surface area contributed by atoms with Gasteiger partial charge in [0.2, 0.25) is 10.0 Å². The monoisotopic (exact) mass is 527 g/mol. The van der Waals surface area contributed by atoms with Crippen molar-refractivity contribution in [1.29, 1.82) is 0 Å². The van der Waals surface area contributed by atoms with Crippen molar-refractivity contribution < 1.29 is 13.2 Å². The Labute approximate surface area is 186 Å². The van der Waals surface area contributed by atoms with Crippen LogP contribution in [0.15, 0.2) is 23.5 Å². The van der Waals surface area contributed by atoms with Crippen molar-refractivity contribution in [2.45, 2.75) is 33.4 Å². The third-order valence-corrected chi connectivity index (χ3v) is 6.20. The number of nitrogens with zero attached hydrogens (tertiary/aromatic N) is 4. The Morgan fingerprint density at radius 1 is 1.29 bits per heavy atom. The quantitative estimate of drug-likeness (QED) is 0.315. The highest BCUT2D eigenvalue weighted by atomic mass is 127. The topological polar surface area (TPSA) is 79.2 Å². The molecule has 2 rings (SSSR count). The average Bonchev–Trinajstić information content (AvgIpc) is 3.03. The van der Waals surface area contributed by atoms with Crippen LogP contribution in [-0.4, -0.2) is 79.3 Å². The molecule has 0 bridgehead atoms. The van der Waals surface area contributed by atoms with Gasteiger partial charge in [0.1, 0.15) is 0 Å². The fourth-order valence-electron chi connectivity index (χ4n) is 2.94. The SMILES string of the molecule is CCNC(=NCc1ccn(C)c1)N1CCN(S(=O)(=O)CCOC(C)C)CC1.I. The van der Waals surface area contributed by atoms with Crippen molar-refractivity contribution in [2.75, 3.05) is 45.1 Å². The number of ether oxygens (including phenoxy) is 1. The standard InChI is InChI=1S/C18H33N5O3S.HI/c1-5-19-18(20-14-17-6-7-21(4)15-17)22-8-10-23(11-9-22)27(24,25)13-12-26-16(2)3;/h6-7,15-16H,5,8-14H2,1-4H3,(H,19,20);1H. The van der Waals surface area contributed by atoms with Crippen LogP contribution in [0.1, 0.15) is 26.3 Å². The van der Waals surface area contributed by atoms with Crippen LogP contribution < -0.4 is 5.32 Å². The molecule has 1 aromatic rings. The maximum Gasteiger partial charge on any atom is 0.216 e. The Balaban J connectivity index is 0.00000392. The van der Waals surface area contributed by atoms with E-state index in [-0.39, 0.29) is 42.4 Å². The molecule has 1 saturated heterocycles. The van der Waals surface area contributed by atoms with Gasteiger partial charge in [-0.2, -0.15) is 4.31 Å². The minimum atomic E-state index is -3.27. The molecule has 0 atom stereocenters. The van der Waals surface area contributed by atoms with Gasteiger partial charge < -0.3 is 19.5 Å². The molecule has 1 aliphatic rings. The number of aromatic nitrogens is 1. The highest BCUT2D eigenvalue weighted by Crippen LogP contribution is 2.10. The summed E-state index contributed by atoms with van der Waals surface area (Å²) in [4.78, 5) is 6.84. The van der Waals surface area contributed by atoms with Crippen LogP contribution in [0.3, 0.4) is 0 Å². The maximum absolute atomic E-state index is 12.5. The van der Waals surface area contributed by atoms with Crippen LogP contribution in [0, 0.1) is 0 Å². The number of rotatable bonds is 8. The Hall–Kier alpha value is -0.850. The number of aryl methyl sites for hydroxylation is 1. The largest absolute Gasteiger partial charge is 0.378 e. The zero-order chi connectivity index (χ0) is 19.9. The molecule has 0 aliphatic carbocycles. The summed E-state index contributed by atoms with van der Waals surface area (Å²) in [7, 11) is -1.28. The molecule has 162 valence electrons. The second-order valence-electron chi connectivity index (χ2n) is 6.98. The van der Waals surface area contributed by atoms with E-state index < -0.39 is 10.0 Å². The molecule has 2 heterocycles. The van der Waals surface area contributed by atoms with E-state index in [2.05, 4.69) is 22.5 Å². The van der Waals surface area contributed by atoms with Crippen LogP contribution in [0.5, 0.6) is 0 Å². The Morgan fingerprint density at radius 2 is 1.96 bits per heavy atom. The summed E-state index contributed by atoms with van der Waals surface area (Å²) in [5.41, 5.74) is 1.15. The number of sulfonamides is 1. The highest BCUT2D eigenvalue weighted by Gasteiger charge is 2.28. The number of hydrogen-bond donors (Lipinski definition) is 1. The predicted molar refractivity (Wildman–Crippen MR) is 124 cm³/mol. The maximum atomic E-state index is 12.5. The summed E-state index contributed by atoms with van der Waals surface area (Å²) in [6.07, 6.45) is 4.10. The van der Waals surface area contributed by atoms with E-state index in [4.69, 9.17) is 9.73 Å². The van der Waals surface area contributed by atoms with E-state index in [9.17, 15) is 8.42 Å². The molecule has 0 amide bonds. The summed E-state index contributed by atoms with van der Waals surface area (Å²) >= 11 is 0. The fourth-order valence-corrected chi connectivity index (χ4v) is 4.23. The van der Waals surface area contributed by atoms with Gasteiger partial charge in [-0.1, -0.05) is 0 Å². The first-order chi connectivity index (χ1) is 12.8. The zero-order valence-corrected chi connectivity index (χ0v) is 20.4. The summed E-state index contributed by atoms with van der Waals surface area (Å²) in [5, 5.41) is 3.31. The smallest absolute Gasteiger partial charge is 0.216 e. The first-order valence-corrected chi connectivity index (χ1v) is 11.2. The number of hydrogen-bond acceptors (Lipinski definition) is 4. The van der Waals surface area contributed by atoms with E-state index >= 15 is 0 Å². The molecule has 0 unspecified atom stereocenters. The molecule has 0 aromatic carbocycles. The van der Waals surface area contributed by atoms with E-state index in [1.165, 1.54) is 0 Å². The van der Waals surface area contributed by atoms with Crippen molar-refractivity contribution >= 4 is 40.0 Å². The third-order valence-electron chi connectivity index (χ3n) is 4.36. The van der Waals surface area contributed by atoms with Gasteiger partial charge in [0, 0.05) is 52.2 Å². The first kappa shape index (κ1) is 25.2. The molecule has 0 spiro atoms. The van der Waals surface area contributed by atoms with Gasteiger partial charge in [-0.25, -0.2) is 13.4 Å². The van der Waals surface area contributed by atoms with Crippen molar-refractivity contribution in [3.05, 3.63) is 24.0 Å². The minimum absolute atomic E-state index is 0. The Kier molecular flexibility index (Phi) is 10.8. The molecular weight excluding hydrogens is 493 g/mol. The van der Waals surface area contributed by atoms with Gasteiger partial charge in [-0.15, -0.1) is 24.0 Å². The van der Waals surface area contributed by atoms with Gasteiger partial charge in [-0.3, -0.25) is 0 Å². The molecule has 1 aliphatic heterocycles. The van der Waals surface area contributed by atoms with Crippen molar-refractivity contribution in [1.82, 2.24) is 19.1 Å². The van der Waals surface area contributed by atoms with E-state index in [0.717, 1.165) is 18.1 Å². The predicted octanol–water partition coefficient (Wildman–Crippen LogP) is 1.48. The summed E-state index contributed by atoms with van der Waals surface area (Å²) < 4.78 is 33.9. The lowest BCUT2D eigenvalue weighted by Crippen LogP contribution is -2.54. The van der Waals surface area contributed by atoms with E-state index in [1.807, 2.05) is 38.6 Å². The van der Waals surface area contributed by atoms with Crippen molar-refractivity contribution in [3.63, 3.8) is 0 Å². The molecule has 10 heteroatoms. The average molecular weight is 527 g/mol. The number of aliphatic imine (C=N–C) groups is 1. The van der Waals surface area contributed by atoms with Gasteiger partial charge in [0.15, 0.2) is 5.96 Å². The molecule has 28 heavy (non-hydrogen) atoms. The van der Waals surface area contributed by atoms with Crippen molar-refractivity contribution in [2.24, 2.45) is 12.0 Å². The molecule has 1 aromatic heterocycles. The number of halogens is 1. The third kappa shape index (κ3) is 7.88. The minimum Gasteiger partial charge on any atom is -0.378 e. The molecule has 1 N–H and O–H groups in total. The first-order valence-electron chi connectivity index (χ1n) is 9.55. The van der Waals surface area contributed by atoms with Gasteiger partial charge in [-0.05, 0) is 32.4 Å². The summed E-state index contributed by atoms with van der Waals surface area (Å²) in [6.45, 7) is 9.67. The lowest BCUT2D eigenvalue weighted by atomic mass is 10.3. The normalized spacial score (nSPS) is 16.3. The van der Waals surface area contributed by atoms with Crippen LogP contribution >= 0.6 is 24.0 Å². The number of nitrogens with one attached hydrogen (secondary N) is 1. The number of piperazine rings is 1. The molecule has 0 saturated carbocycles. The molecule has 1 fully saturated rings. The summed E-state index contributed by atoms with van der Waals surface area (Å²) in [6, 6.07) is 2.05. The zero-order valence-electron chi connectivity index (χ0n) is 17.3. The van der Waals surface area contributed by atoms with Crippen LogP contribution in [0.2, 0.25) is 0 Å². The lowest BCUT2D eigenvalue weighted by Gasteiger charge is -2.35. The van der Waals surface area contributed by atoms with Gasteiger partial charge in [0.25, 0.3) is 0 Å².